The van der Waals surface area contributed by atoms with Crippen molar-refractivity contribution in [3.63, 3.8) is 0 Å². The van der Waals surface area contributed by atoms with E-state index in [1.54, 1.807) is 0 Å². The van der Waals surface area contributed by atoms with Gasteiger partial charge in [-0.25, -0.2) is 4.98 Å². The molecule has 1 aliphatic rings. The van der Waals surface area contributed by atoms with Crippen LogP contribution in [-0.4, -0.2) is 25.7 Å². The Labute approximate surface area is 178 Å². The summed E-state index contributed by atoms with van der Waals surface area (Å²) in [7, 11) is 0. The Morgan fingerprint density at radius 3 is 2.73 bits per heavy atom. The summed E-state index contributed by atoms with van der Waals surface area (Å²) < 4.78 is 2.08. The van der Waals surface area contributed by atoms with E-state index in [2.05, 4.69) is 38.2 Å². The predicted molar refractivity (Wildman–Crippen MR) is 119 cm³/mol. The van der Waals surface area contributed by atoms with Crippen LogP contribution in [0.5, 0.6) is 0 Å². The van der Waals surface area contributed by atoms with E-state index in [4.69, 9.17) is 5.10 Å². The molecule has 1 aromatic carbocycles. The molecule has 0 bridgehead atoms. The molecule has 30 heavy (non-hydrogen) atoms. The molecule has 1 N–H and O–H groups in total. The van der Waals surface area contributed by atoms with Gasteiger partial charge in [0.15, 0.2) is 5.13 Å². The van der Waals surface area contributed by atoms with Crippen molar-refractivity contribution in [1.82, 2.24) is 19.7 Å². The van der Waals surface area contributed by atoms with Crippen molar-refractivity contribution in [2.45, 2.75) is 33.2 Å². The fourth-order valence-electron chi connectivity index (χ4n) is 3.85. The summed E-state index contributed by atoms with van der Waals surface area (Å²) in [4.78, 5) is 21.8. The van der Waals surface area contributed by atoms with E-state index in [-0.39, 0.29) is 5.91 Å². The Morgan fingerprint density at radius 2 is 2.00 bits per heavy atom. The van der Waals surface area contributed by atoms with Crippen LogP contribution in [0.2, 0.25) is 0 Å². The highest BCUT2D eigenvalue weighted by molar-refractivity contribution is 7.19. The first kappa shape index (κ1) is 18.7. The zero-order chi connectivity index (χ0) is 20.7. The van der Waals surface area contributed by atoms with E-state index in [0.717, 1.165) is 46.1 Å². The van der Waals surface area contributed by atoms with Gasteiger partial charge in [0.2, 0.25) is 5.91 Å². The first-order valence-electron chi connectivity index (χ1n) is 9.93. The fraction of sp³-hybridized carbons (Fsp3) is 0.217. The highest BCUT2D eigenvalue weighted by atomic mass is 32.1. The van der Waals surface area contributed by atoms with Crippen LogP contribution in [0, 0.1) is 6.92 Å². The normalized spacial score (nSPS) is 12.3. The van der Waals surface area contributed by atoms with Gasteiger partial charge in [0, 0.05) is 29.9 Å². The molecule has 0 aliphatic heterocycles. The molecule has 0 atom stereocenters. The number of thiazole rings is 1. The van der Waals surface area contributed by atoms with Crippen LogP contribution in [0.15, 0.2) is 48.7 Å². The molecular weight excluding hydrogens is 394 g/mol. The van der Waals surface area contributed by atoms with Crippen LogP contribution in [0.1, 0.15) is 29.4 Å². The van der Waals surface area contributed by atoms with Crippen molar-refractivity contribution in [3.8, 4) is 21.8 Å². The summed E-state index contributed by atoms with van der Waals surface area (Å²) in [6.45, 7) is 4.17. The number of fused-ring (bicyclic) bond motifs is 3. The average molecular weight is 416 g/mol. The molecule has 7 heteroatoms. The summed E-state index contributed by atoms with van der Waals surface area (Å²) in [5.41, 5.74) is 7.54. The minimum Gasteiger partial charge on any atom is -0.302 e. The van der Waals surface area contributed by atoms with Crippen molar-refractivity contribution in [2.24, 2.45) is 0 Å². The number of carbonyl (C=O) groups excluding carboxylic acids is 1. The number of pyridine rings is 1. The third-order valence-corrected chi connectivity index (χ3v) is 6.24. The zero-order valence-corrected chi connectivity index (χ0v) is 17.7. The van der Waals surface area contributed by atoms with Gasteiger partial charge in [-0.15, -0.1) is 0 Å². The lowest BCUT2D eigenvalue weighted by Crippen LogP contribution is -2.08. The second-order valence-corrected chi connectivity index (χ2v) is 8.48. The maximum Gasteiger partial charge on any atom is 0.223 e. The number of amides is 1. The van der Waals surface area contributed by atoms with E-state index in [1.165, 1.54) is 29.4 Å². The number of hydrogen-bond donors (Lipinski definition) is 1. The van der Waals surface area contributed by atoms with E-state index >= 15 is 0 Å². The van der Waals surface area contributed by atoms with E-state index in [0.29, 0.717) is 11.7 Å². The minimum atomic E-state index is -0.106. The monoisotopic (exact) mass is 415 g/mol. The number of hydrogen-bond acceptors (Lipinski definition) is 5. The van der Waals surface area contributed by atoms with Crippen LogP contribution >= 0.6 is 11.3 Å². The molecule has 0 fully saturated rings. The van der Waals surface area contributed by atoms with Crippen molar-refractivity contribution in [3.05, 3.63) is 71.2 Å². The van der Waals surface area contributed by atoms with Crippen molar-refractivity contribution >= 4 is 22.4 Å². The number of carbonyl (C=O) groups is 1. The first-order valence-corrected chi connectivity index (χ1v) is 10.7. The molecule has 6 nitrogen and oxygen atoms in total. The summed E-state index contributed by atoms with van der Waals surface area (Å²) in [6, 6.07) is 14.4. The highest BCUT2D eigenvalue weighted by Gasteiger charge is 2.29. The molecule has 3 heterocycles. The number of rotatable bonds is 4. The summed E-state index contributed by atoms with van der Waals surface area (Å²) in [6.07, 6.45) is 3.60. The predicted octanol–water partition coefficient (Wildman–Crippen LogP) is 4.48. The second-order valence-electron chi connectivity index (χ2n) is 7.48. The van der Waals surface area contributed by atoms with Crippen LogP contribution < -0.4 is 5.32 Å². The van der Waals surface area contributed by atoms with Crippen LogP contribution in [-0.2, 0) is 24.2 Å². The summed E-state index contributed by atoms with van der Waals surface area (Å²) in [5.74, 6) is -0.106. The second kappa shape index (κ2) is 7.50. The number of benzene rings is 1. The topological polar surface area (TPSA) is 72.7 Å². The van der Waals surface area contributed by atoms with Crippen molar-refractivity contribution in [1.29, 1.82) is 0 Å². The van der Waals surface area contributed by atoms with E-state index in [9.17, 15) is 4.79 Å². The molecular formula is C23H21N5OS. The van der Waals surface area contributed by atoms with E-state index < -0.39 is 0 Å². The van der Waals surface area contributed by atoms with Gasteiger partial charge in [-0.05, 0) is 37.5 Å². The van der Waals surface area contributed by atoms with Gasteiger partial charge in [0.05, 0.1) is 28.5 Å². The van der Waals surface area contributed by atoms with Gasteiger partial charge in [-0.1, -0.05) is 41.7 Å². The van der Waals surface area contributed by atoms with Gasteiger partial charge >= 0.3 is 0 Å². The highest BCUT2D eigenvalue weighted by Crippen LogP contribution is 2.43. The first-order chi connectivity index (χ1) is 14.6. The standard InChI is InChI=1S/C23H21N5OS/c1-14-8-9-17(12-24-14)20-18-10-11-19-22(30-23(26-19)25-15(2)29)21(18)28(27-20)13-16-6-4-3-5-7-16/h3-9,12H,10-11,13H2,1-2H3,(H,25,26,29). The molecule has 0 spiro atoms. The number of nitrogens with zero attached hydrogens (tertiary/aromatic N) is 4. The Kier molecular flexibility index (Phi) is 4.67. The molecule has 1 amide bonds. The molecule has 4 aromatic rings. The van der Waals surface area contributed by atoms with Crippen LogP contribution in [0.3, 0.4) is 0 Å². The lowest BCUT2D eigenvalue weighted by atomic mass is 9.95. The zero-order valence-electron chi connectivity index (χ0n) is 16.8. The van der Waals surface area contributed by atoms with Crippen LogP contribution in [0.25, 0.3) is 21.8 Å². The Balaban J connectivity index is 1.66. The summed E-state index contributed by atoms with van der Waals surface area (Å²) in [5, 5.41) is 8.50. The van der Waals surface area contributed by atoms with Gasteiger partial charge in [0.25, 0.3) is 0 Å². The fourth-order valence-corrected chi connectivity index (χ4v) is 4.99. The molecule has 0 saturated carbocycles. The molecule has 1 aliphatic carbocycles. The maximum atomic E-state index is 11.5. The molecule has 150 valence electrons. The van der Waals surface area contributed by atoms with Gasteiger partial charge in [-0.3, -0.25) is 14.5 Å². The third kappa shape index (κ3) is 3.41. The lowest BCUT2D eigenvalue weighted by molar-refractivity contribution is -0.114. The molecule has 0 unspecified atom stereocenters. The van der Waals surface area contributed by atoms with Gasteiger partial charge in [0.1, 0.15) is 0 Å². The van der Waals surface area contributed by atoms with Crippen molar-refractivity contribution < 1.29 is 4.79 Å². The number of anilines is 1. The summed E-state index contributed by atoms with van der Waals surface area (Å²) >= 11 is 1.52. The van der Waals surface area contributed by atoms with Crippen LogP contribution in [0.4, 0.5) is 5.13 Å². The van der Waals surface area contributed by atoms with E-state index in [1.807, 2.05) is 37.4 Å². The number of aryl methyl sites for hydroxylation is 2. The largest absolute Gasteiger partial charge is 0.302 e. The maximum absolute atomic E-state index is 11.5. The number of aromatic nitrogens is 4. The average Bonchev–Trinajstić information content (AvgIpc) is 3.29. The molecule has 5 rings (SSSR count). The lowest BCUT2D eigenvalue weighted by Gasteiger charge is -2.14. The Morgan fingerprint density at radius 1 is 1.17 bits per heavy atom. The smallest absolute Gasteiger partial charge is 0.223 e. The molecule has 3 aromatic heterocycles. The molecule has 0 radical (unpaired) electrons. The Bertz CT molecular complexity index is 1220. The van der Waals surface area contributed by atoms with Crippen molar-refractivity contribution in [2.75, 3.05) is 5.32 Å². The Hall–Kier alpha value is -3.32. The quantitative estimate of drug-likeness (QED) is 0.533. The minimum absolute atomic E-state index is 0.106. The number of nitrogens with one attached hydrogen (secondary N) is 1. The third-order valence-electron chi connectivity index (χ3n) is 5.22. The molecule has 0 saturated heterocycles. The SMILES string of the molecule is CC(=O)Nc1nc2c(s1)-c1c(c(-c3ccc(C)nc3)nn1Cc1ccccc1)CC2. The van der Waals surface area contributed by atoms with Gasteiger partial charge < -0.3 is 5.32 Å². The van der Waals surface area contributed by atoms with Gasteiger partial charge in [-0.2, -0.15) is 5.10 Å².